The minimum atomic E-state index is -0.464. The number of thioether (sulfide) groups is 1. The predicted molar refractivity (Wildman–Crippen MR) is 95.8 cm³/mol. The fraction of sp³-hybridized carbons (Fsp3) is 0.158. The van der Waals surface area contributed by atoms with Gasteiger partial charge in [-0.25, -0.2) is 4.79 Å². The monoisotopic (exact) mass is 355 g/mol. The van der Waals surface area contributed by atoms with E-state index < -0.39 is 5.97 Å². The zero-order valence-corrected chi connectivity index (χ0v) is 14.7. The number of hydrogen-bond donors (Lipinski definition) is 0. The summed E-state index contributed by atoms with van der Waals surface area (Å²) in [6, 6.07) is 16.7. The van der Waals surface area contributed by atoms with Crippen molar-refractivity contribution < 1.29 is 18.8 Å². The molecule has 2 aromatic carbocycles. The summed E-state index contributed by atoms with van der Waals surface area (Å²) in [5.41, 5.74) is 1.85. The Bertz CT molecular complexity index is 861. The van der Waals surface area contributed by atoms with Gasteiger partial charge in [0, 0.05) is 16.5 Å². The highest BCUT2D eigenvalue weighted by Crippen LogP contribution is 2.26. The summed E-state index contributed by atoms with van der Waals surface area (Å²) in [7, 11) is 1.53. The molecular weight excluding hydrogens is 338 g/mol. The number of carbonyl (C=O) groups excluding carboxylic acids is 1. The molecule has 6 heteroatoms. The highest BCUT2D eigenvalue weighted by molar-refractivity contribution is 7.98. The van der Waals surface area contributed by atoms with Crippen LogP contribution in [0.15, 0.2) is 64.0 Å². The molecule has 1 aromatic heterocycles. The topological polar surface area (TPSA) is 61.6 Å². The number of rotatable bonds is 6. The average molecular weight is 355 g/mol. The van der Waals surface area contributed by atoms with Crippen LogP contribution >= 0.6 is 11.8 Å². The lowest BCUT2D eigenvalue weighted by Crippen LogP contribution is -2.07. The zero-order chi connectivity index (χ0) is 17.6. The van der Waals surface area contributed by atoms with E-state index in [1.165, 1.54) is 7.11 Å². The van der Waals surface area contributed by atoms with Crippen molar-refractivity contribution in [3.8, 4) is 17.1 Å². The van der Waals surface area contributed by atoms with E-state index in [1.807, 2.05) is 48.7 Å². The van der Waals surface area contributed by atoms with Gasteiger partial charge >= 0.3 is 5.97 Å². The van der Waals surface area contributed by atoms with Crippen molar-refractivity contribution in [2.24, 2.45) is 0 Å². The van der Waals surface area contributed by atoms with Crippen molar-refractivity contribution in [1.29, 1.82) is 0 Å². The molecule has 0 fully saturated rings. The maximum absolute atomic E-state index is 12.3. The lowest BCUT2D eigenvalue weighted by atomic mass is 10.2. The highest BCUT2D eigenvalue weighted by Gasteiger charge is 2.16. The minimum Gasteiger partial charge on any atom is -0.496 e. The van der Waals surface area contributed by atoms with E-state index in [9.17, 15) is 4.79 Å². The number of aromatic nitrogens is 1. The van der Waals surface area contributed by atoms with Gasteiger partial charge in [0.25, 0.3) is 0 Å². The van der Waals surface area contributed by atoms with Crippen LogP contribution in [0, 0.1) is 0 Å². The Labute approximate surface area is 149 Å². The van der Waals surface area contributed by atoms with Gasteiger partial charge in [0.2, 0.25) is 0 Å². The zero-order valence-electron chi connectivity index (χ0n) is 13.9. The summed E-state index contributed by atoms with van der Waals surface area (Å²) in [6.07, 6.45) is 1.96. The van der Waals surface area contributed by atoms with Crippen molar-refractivity contribution >= 4 is 17.7 Å². The van der Waals surface area contributed by atoms with E-state index in [1.54, 1.807) is 23.9 Å². The maximum atomic E-state index is 12.3. The average Bonchev–Trinajstić information content (AvgIpc) is 3.15. The molecular formula is C19H17NO4S. The van der Waals surface area contributed by atoms with Crippen LogP contribution in [0.5, 0.6) is 5.75 Å². The number of esters is 1. The van der Waals surface area contributed by atoms with Gasteiger partial charge in [-0.3, -0.25) is 0 Å². The van der Waals surface area contributed by atoms with Gasteiger partial charge in [0.1, 0.15) is 23.6 Å². The molecule has 0 spiro atoms. The van der Waals surface area contributed by atoms with E-state index in [-0.39, 0.29) is 6.61 Å². The lowest BCUT2D eigenvalue weighted by molar-refractivity contribution is 0.0460. The molecule has 25 heavy (non-hydrogen) atoms. The van der Waals surface area contributed by atoms with Gasteiger partial charge in [-0.2, -0.15) is 0 Å². The summed E-state index contributed by atoms with van der Waals surface area (Å²) in [6.45, 7) is 0.0304. The molecule has 1 heterocycles. The Morgan fingerprint density at radius 2 is 1.96 bits per heavy atom. The van der Waals surface area contributed by atoms with Crippen molar-refractivity contribution in [3.05, 3.63) is 65.9 Å². The normalized spacial score (nSPS) is 10.5. The third-order valence-electron chi connectivity index (χ3n) is 3.60. The van der Waals surface area contributed by atoms with Crippen LogP contribution in [0.1, 0.15) is 16.1 Å². The molecule has 0 saturated carbocycles. The van der Waals surface area contributed by atoms with Gasteiger partial charge in [0.15, 0.2) is 5.76 Å². The number of ether oxygens (including phenoxy) is 2. The quantitative estimate of drug-likeness (QED) is 0.481. The fourth-order valence-electron chi connectivity index (χ4n) is 2.30. The van der Waals surface area contributed by atoms with E-state index >= 15 is 0 Å². The molecule has 5 nitrogen and oxygen atoms in total. The molecule has 0 atom stereocenters. The van der Waals surface area contributed by atoms with E-state index in [2.05, 4.69) is 5.16 Å². The number of benzene rings is 2. The molecule has 0 aliphatic rings. The molecule has 0 aliphatic heterocycles. The smallest absolute Gasteiger partial charge is 0.342 e. The van der Waals surface area contributed by atoms with Crippen molar-refractivity contribution in [2.45, 2.75) is 11.5 Å². The Morgan fingerprint density at radius 3 is 2.68 bits per heavy atom. The van der Waals surface area contributed by atoms with Crippen LogP contribution in [-0.2, 0) is 11.3 Å². The lowest BCUT2D eigenvalue weighted by Gasteiger charge is -2.09. The van der Waals surface area contributed by atoms with Crippen LogP contribution in [0.25, 0.3) is 11.3 Å². The van der Waals surface area contributed by atoms with Crippen molar-refractivity contribution in [3.63, 3.8) is 0 Å². The number of nitrogens with zero attached hydrogens (tertiary/aromatic N) is 1. The molecule has 0 bridgehead atoms. The van der Waals surface area contributed by atoms with Crippen LogP contribution in [0.3, 0.4) is 0 Å². The molecule has 0 aliphatic carbocycles. The standard InChI is InChI=1S/C19H17NO4S/c1-22-18-11-15(25-2)8-9-16(18)19(21)23-12-14-10-17(24-20-14)13-6-4-3-5-7-13/h3-11H,12H2,1-2H3. The summed E-state index contributed by atoms with van der Waals surface area (Å²) in [4.78, 5) is 13.3. The second-order valence-electron chi connectivity index (χ2n) is 5.19. The largest absolute Gasteiger partial charge is 0.496 e. The summed E-state index contributed by atoms with van der Waals surface area (Å²) in [5, 5.41) is 3.94. The predicted octanol–water partition coefficient (Wildman–Crippen LogP) is 4.43. The second kappa shape index (κ2) is 7.90. The van der Waals surface area contributed by atoms with Crippen LogP contribution < -0.4 is 4.74 Å². The molecule has 3 aromatic rings. The molecule has 0 unspecified atom stereocenters. The highest BCUT2D eigenvalue weighted by atomic mass is 32.2. The van der Waals surface area contributed by atoms with E-state index in [0.717, 1.165) is 10.5 Å². The Balaban J connectivity index is 1.68. The van der Waals surface area contributed by atoms with Crippen molar-refractivity contribution in [2.75, 3.05) is 13.4 Å². The van der Waals surface area contributed by atoms with Gasteiger partial charge in [0.05, 0.1) is 7.11 Å². The van der Waals surface area contributed by atoms with Crippen LogP contribution in [-0.4, -0.2) is 24.5 Å². The molecule has 0 N–H and O–H groups in total. The van der Waals surface area contributed by atoms with E-state index in [0.29, 0.717) is 22.8 Å². The Kier molecular flexibility index (Phi) is 5.40. The first-order chi connectivity index (χ1) is 12.2. The van der Waals surface area contributed by atoms with Gasteiger partial charge in [-0.1, -0.05) is 35.5 Å². The molecule has 3 rings (SSSR count). The molecule has 0 radical (unpaired) electrons. The first-order valence-electron chi connectivity index (χ1n) is 7.61. The molecule has 128 valence electrons. The summed E-state index contributed by atoms with van der Waals surface area (Å²) >= 11 is 1.58. The fourth-order valence-corrected chi connectivity index (χ4v) is 2.73. The molecule has 0 saturated heterocycles. The summed E-state index contributed by atoms with van der Waals surface area (Å²) in [5.74, 6) is 0.657. The van der Waals surface area contributed by atoms with Crippen molar-refractivity contribution in [1.82, 2.24) is 5.16 Å². The first kappa shape index (κ1) is 17.1. The second-order valence-corrected chi connectivity index (χ2v) is 6.07. The first-order valence-corrected chi connectivity index (χ1v) is 8.84. The Morgan fingerprint density at radius 1 is 1.16 bits per heavy atom. The van der Waals surface area contributed by atoms with Crippen LogP contribution in [0.4, 0.5) is 0 Å². The van der Waals surface area contributed by atoms with Crippen LogP contribution in [0.2, 0.25) is 0 Å². The minimum absolute atomic E-state index is 0.0304. The van der Waals surface area contributed by atoms with E-state index in [4.69, 9.17) is 14.0 Å². The Hall–Kier alpha value is -2.73. The third kappa shape index (κ3) is 4.03. The third-order valence-corrected chi connectivity index (χ3v) is 4.32. The number of carbonyl (C=O) groups is 1. The van der Waals surface area contributed by atoms with Gasteiger partial charge in [-0.15, -0.1) is 11.8 Å². The molecule has 0 amide bonds. The SMILES string of the molecule is COc1cc(SC)ccc1C(=O)OCc1cc(-c2ccccc2)on1. The van der Waals surface area contributed by atoms with Gasteiger partial charge in [-0.05, 0) is 24.5 Å². The number of hydrogen-bond acceptors (Lipinski definition) is 6. The number of methoxy groups -OCH3 is 1. The maximum Gasteiger partial charge on any atom is 0.342 e. The summed E-state index contributed by atoms with van der Waals surface area (Å²) < 4.78 is 15.9. The van der Waals surface area contributed by atoms with Gasteiger partial charge < -0.3 is 14.0 Å².